The number of allylic oxidation sites excluding steroid dienone is 9. The molecule has 1 aliphatic carbocycles. The SMILES string of the molecule is CCCCCCCCCCCCCCCCCCCCOP(=O)(OCCOC(=O)/C=C(C)/C=C/C=C(C)/C=C/C1=C(C)CCCC1(C)C)OCC[N+](C)(C)C. The summed E-state index contributed by atoms with van der Waals surface area (Å²) in [6.07, 6.45) is 38.9. The Kier molecular flexibility index (Phi) is 28.3. The Morgan fingerprint density at radius 2 is 1.22 bits per heavy atom. The minimum atomic E-state index is -3.78. The number of quaternary nitrogens is 1. The molecule has 1 atom stereocenters. The molecule has 0 saturated heterocycles. The first-order valence-electron chi connectivity index (χ1n) is 22.1. The van der Waals surface area contributed by atoms with Crippen LogP contribution in [0.1, 0.15) is 176 Å². The summed E-state index contributed by atoms with van der Waals surface area (Å²) in [5, 5.41) is 0. The smallest absolute Gasteiger partial charge is 0.460 e. The summed E-state index contributed by atoms with van der Waals surface area (Å²) in [6, 6.07) is 0. The summed E-state index contributed by atoms with van der Waals surface area (Å²) in [5.41, 5.74) is 5.05. The van der Waals surface area contributed by atoms with Gasteiger partial charge in [0.25, 0.3) is 0 Å². The summed E-state index contributed by atoms with van der Waals surface area (Å²) in [4.78, 5) is 12.4. The molecule has 0 aliphatic heterocycles. The second kappa shape index (κ2) is 30.3. The molecule has 0 aromatic rings. The van der Waals surface area contributed by atoms with Crippen molar-refractivity contribution < 1.29 is 32.2 Å². The van der Waals surface area contributed by atoms with Crippen LogP contribution in [0.4, 0.5) is 0 Å². The fraction of sp³-hybridized carbons (Fsp3) is 0.766. The number of unbranched alkanes of at least 4 members (excludes halogenated alkanes) is 17. The highest BCUT2D eigenvalue weighted by atomic mass is 31.2. The van der Waals surface area contributed by atoms with Crippen molar-refractivity contribution in [3.63, 3.8) is 0 Å². The fourth-order valence-corrected chi connectivity index (χ4v) is 8.10. The zero-order chi connectivity index (χ0) is 40.8. The number of carbonyl (C=O) groups is 1. The van der Waals surface area contributed by atoms with Crippen molar-refractivity contribution in [2.45, 2.75) is 176 Å². The van der Waals surface area contributed by atoms with Crippen LogP contribution >= 0.6 is 7.82 Å². The van der Waals surface area contributed by atoms with E-state index in [2.05, 4.69) is 46.8 Å². The Bertz CT molecular complexity index is 1240. The van der Waals surface area contributed by atoms with Gasteiger partial charge in [0.15, 0.2) is 0 Å². The summed E-state index contributed by atoms with van der Waals surface area (Å²) in [5.74, 6) is -0.478. The van der Waals surface area contributed by atoms with Gasteiger partial charge in [0.2, 0.25) is 0 Å². The van der Waals surface area contributed by atoms with Crippen LogP contribution in [0.3, 0.4) is 0 Å². The molecular weight excluding hydrogens is 705 g/mol. The van der Waals surface area contributed by atoms with E-state index in [0.717, 1.165) is 30.4 Å². The van der Waals surface area contributed by atoms with E-state index in [4.69, 9.17) is 18.3 Å². The summed E-state index contributed by atoms with van der Waals surface area (Å²) in [7, 11) is 2.36. The highest BCUT2D eigenvalue weighted by Crippen LogP contribution is 2.49. The molecule has 0 N–H and O–H groups in total. The summed E-state index contributed by atoms with van der Waals surface area (Å²) in [6.45, 7) is 14.2. The largest absolute Gasteiger partial charge is 0.475 e. The lowest BCUT2D eigenvalue weighted by Crippen LogP contribution is -2.37. The standard InChI is InChI=1S/C47H85NO6P/c1-10-11-12-13-14-15-16-17-18-19-20-21-22-23-24-25-26-27-37-52-55(50,53-38-36-48(7,8)9)54-40-39-51-46(49)41-43(3)31-28-30-42(2)33-34-45-44(4)32-29-35-47(45,5)6/h28,30-31,33-34,41H,10-27,29,32,35-40H2,1-9H3/q+1/b31-28+,34-33+,42-30+,43-41+. The Morgan fingerprint density at radius 3 is 1.75 bits per heavy atom. The van der Waals surface area contributed by atoms with E-state index in [-0.39, 0.29) is 25.2 Å². The number of esters is 1. The van der Waals surface area contributed by atoms with Crippen LogP contribution in [-0.4, -0.2) is 64.6 Å². The first kappa shape index (κ1) is 51.3. The van der Waals surface area contributed by atoms with Gasteiger partial charge in [-0.25, -0.2) is 9.36 Å². The molecule has 8 heteroatoms. The molecule has 0 amide bonds. The van der Waals surface area contributed by atoms with Gasteiger partial charge >= 0.3 is 13.8 Å². The van der Waals surface area contributed by atoms with Crippen LogP contribution in [0.2, 0.25) is 0 Å². The minimum absolute atomic E-state index is 0.0486. The Balaban J connectivity index is 2.33. The third-order valence-corrected chi connectivity index (χ3v) is 12.0. The van der Waals surface area contributed by atoms with Gasteiger partial charge in [0, 0.05) is 6.08 Å². The number of hydrogen-bond acceptors (Lipinski definition) is 6. The maximum Gasteiger partial charge on any atom is 0.475 e. The van der Waals surface area contributed by atoms with E-state index in [0.29, 0.717) is 17.6 Å². The second-order valence-corrected chi connectivity index (χ2v) is 19.2. The topological polar surface area (TPSA) is 71.1 Å². The van der Waals surface area contributed by atoms with Crippen LogP contribution in [0.25, 0.3) is 0 Å². The Morgan fingerprint density at radius 1 is 0.709 bits per heavy atom. The minimum Gasteiger partial charge on any atom is -0.460 e. The Labute approximate surface area is 339 Å². The van der Waals surface area contributed by atoms with Crippen LogP contribution in [0.5, 0.6) is 0 Å². The van der Waals surface area contributed by atoms with Crippen molar-refractivity contribution in [3.8, 4) is 0 Å². The lowest BCUT2D eigenvalue weighted by Gasteiger charge is -2.32. The van der Waals surface area contributed by atoms with Crippen LogP contribution in [-0.2, 0) is 27.7 Å². The average Bonchev–Trinajstić information content (AvgIpc) is 3.10. The molecule has 55 heavy (non-hydrogen) atoms. The molecule has 0 heterocycles. The van der Waals surface area contributed by atoms with Crippen molar-refractivity contribution in [2.75, 3.05) is 54.1 Å². The number of phosphoric ester groups is 1. The van der Waals surface area contributed by atoms with E-state index in [1.807, 2.05) is 46.3 Å². The number of ether oxygens (including phenoxy) is 1. The van der Waals surface area contributed by atoms with Gasteiger partial charge in [-0.05, 0) is 63.0 Å². The third-order valence-electron chi connectivity index (χ3n) is 10.5. The molecule has 0 saturated carbocycles. The first-order chi connectivity index (χ1) is 26.2. The third kappa shape index (κ3) is 28.3. The number of likely N-dealkylation sites (N-methyl/N-ethyl adjacent to an activating group) is 1. The normalized spacial score (nSPS) is 16.7. The monoisotopic (exact) mass is 791 g/mol. The molecule has 1 unspecified atom stereocenters. The maximum absolute atomic E-state index is 13.4. The highest BCUT2D eigenvalue weighted by Gasteiger charge is 2.28. The van der Waals surface area contributed by atoms with E-state index in [1.165, 1.54) is 133 Å². The van der Waals surface area contributed by atoms with E-state index >= 15 is 0 Å². The van der Waals surface area contributed by atoms with Gasteiger partial charge in [0.1, 0.15) is 19.8 Å². The number of carbonyl (C=O) groups excluding carboxylic acids is 1. The molecule has 0 fully saturated rings. The molecule has 0 bridgehead atoms. The summed E-state index contributed by atoms with van der Waals surface area (Å²) < 4.78 is 36.4. The van der Waals surface area contributed by atoms with Crippen LogP contribution < -0.4 is 0 Å². The van der Waals surface area contributed by atoms with Crippen molar-refractivity contribution >= 4 is 13.8 Å². The molecule has 0 aromatic heterocycles. The number of phosphoric acid groups is 1. The lowest BCUT2D eigenvalue weighted by molar-refractivity contribution is -0.870. The van der Waals surface area contributed by atoms with Gasteiger partial charge in [0.05, 0.1) is 34.4 Å². The second-order valence-electron chi connectivity index (χ2n) is 17.6. The fourth-order valence-electron chi connectivity index (χ4n) is 6.92. The van der Waals surface area contributed by atoms with E-state index in [9.17, 15) is 9.36 Å². The van der Waals surface area contributed by atoms with Crippen molar-refractivity contribution in [2.24, 2.45) is 5.41 Å². The maximum atomic E-state index is 13.4. The zero-order valence-electron chi connectivity index (χ0n) is 37.2. The number of rotatable bonds is 33. The van der Waals surface area contributed by atoms with Gasteiger partial charge in [-0.15, -0.1) is 0 Å². The van der Waals surface area contributed by atoms with E-state index < -0.39 is 13.8 Å². The van der Waals surface area contributed by atoms with Gasteiger partial charge in [-0.2, -0.15) is 0 Å². The molecule has 1 rings (SSSR count). The molecule has 7 nitrogen and oxygen atoms in total. The lowest BCUT2D eigenvalue weighted by atomic mass is 9.72. The number of hydrogen-bond donors (Lipinski definition) is 0. The summed E-state index contributed by atoms with van der Waals surface area (Å²) >= 11 is 0. The van der Waals surface area contributed by atoms with Gasteiger partial charge in [-0.1, -0.05) is 171 Å². The molecule has 318 valence electrons. The zero-order valence-corrected chi connectivity index (χ0v) is 38.1. The number of nitrogens with zero attached hydrogens (tertiary/aromatic N) is 1. The van der Waals surface area contributed by atoms with Crippen LogP contribution in [0.15, 0.2) is 58.7 Å². The quantitative estimate of drug-likeness (QED) is 0.0165. The Hall–Kier alpha value is -1.76. The highest BCUT2D eigenvalue weighted by molar-refractivity contribution is 7.48. The van der Waals surface area contributed by atoms with E-state index in [1.54, 1.807) is 0 Å². The van der Waals surface area contributed by atoms with Crippen LogP contribution in [0, 0.1) is 5.41 Å². The molecule has 0 radical (unpaired) electrons. The van der Waals surface area contributed by atoms with Gasteiger partial charge < -0.3 is 9.22 Å². The van der Waals surface area contributed by atoms with Crippen molar-refractivity contribution in [1.82, 2.24) is 0 Å². The molecule has 1 aliphatic rings. The molecule has 0 aromatic carbocycles. The predicted molar refractivity (Wildman–Crippen MR) is 234 cm³/mol. The molecular formula is C47H85NO6P+. The molecule has 0 spiro atoms. The average molecular weight is 791 g/mol. The van der Waals surface area contributed by atoms with Crippen molar-refractivity contribution in [3.05, 3.63) is 58.7 Å². The van der Waals surface area contributed by atoms with Crippen molar-refractivity contribution in [1.29, 1.82) is 0 Å². The predicted octanol–water partition coefficient (Wildman–Crippen LogP) is 14.0. The first-order valence-corrected chi connectivity index (χ1v) is 23.6. The van der Waals surface area contributed by atoms with Gasteiger partial charge in [-0.3, -0.25) is 13.6 Å².